The lowest BCUT2D eigenvalue weighted by Crippen LogP contribution is -2.28. The maximum atomic E-state index is 6.22. The second-order valence-corrected chi connectivity index (χ2v) is 8.73. The van der Waals surface area contributed by atoms with Gasteiger partial charge in [0.2, 0.25) is 0 Å². The monoisotopic (exact) mass is 464 g/mol. The Labute approximate surface area is 181 Å². The van der Waals surface area contributed by atoms with Crippen molar-refractivity contribution in [3.8, 4) is 0 Å². The van der Waals surface area contributed by atoms with Crippen LogP contribution >= 0.6 is 27.9 Å². The van der Waals surface area contributed by atoms with Gasteiger partial charge in [-0.15, -0.1) is 4.47 Å². The molecular formula is C22H29BrN2O2S. The van der Waals surface area contributed by atoms with E-state index in [-0.39, 0.29) is 6.04 Å². The van der Waals surface area contributed by atoms with Crippen molar-refractivity contribution in [1.29, 1.82) is 0 Å². The molecule has 2 aromatic rings. The second kappa shape index (κ2) is 11.3. The Bertz CT molecular complexity index is 729. The zero-order valence-corrected chi connectivity index (χ0v) is 19.0. The summed E-state index contributed by atoms with van der Waals surface area (Å²) in [5.41, 5.74) is 2.56. The van der Waals surface area contributed by atoms with Gasteiger partial charge in [0.1, 0.15) is 0 Å². The molecule has 1 heterocycles. The van der Waals surface area contributed by atoms with Gasteiger partial charge in [-0.3, -0.25) is 4.84 Å². The number of fused-ring (bicyclic) bond motifs is 1. The number of hydroxylamine groups is 1. The topological polar surface area (TPSA) is 24.9 Å². The van der Waals surface area contributed by atoms with Crippen LogP contribution in [0.15, 0.2) is 57.9 Å². The van der Waals surface area contributed by atoms with Crippen LogP contribution < -0.4 is 0 Å². The van der Waals surface area contributed by atoms with E-state index in [4.69, 9.17) is 9.57 Å². The highest BCUT2D eigenvalue weighted by Crippen LogP contribution is 2.47. The van der Waals surface area contributed by atoms with Crippen molar-refractivity contribution in [2.45, 2.75) is 30.7 Å². The third-order valence-electron chi connectivity index (χ3n) is 4.94. The number of likely N-dealkylation sites (N-methyl/N-ethyl adjacent to an activating group) is 1. The largest absolute Gasteiger partial charge is 0.383 e. The van der Waals surface area contributed by atoms with Crippen LogP contribution in [0.1, 0.15) is 36.9 Å². The molecule has 0 aromatic heterocycles. The quantitative estimate of drug-likeness (QED) is 0.321. The van der Waals surface area contributed by atoms with E-state index >= 15 is 0 Å². The summed E-state index contributed by atoms with van der Waals surface area (Å²) in [6.07, 6.45) is 2.18. The van der Waals surface area contributed by atoms with Crippen LogP contribution in [0.2, 0.25) is 0 Å². The molecule has 2 aromatic carbocycles. The average molecular weight is 465 g/mol. The van der Waals surface area contributed by atoms with E-state index in [1.807, 2.05) is 0 Å². The molecule has 1 unspecified atom stereocenters. The normalized spacial score (nSPS) is 16.6. The smallest absolute Gasteiger partial charge is 0.0982 e. The summed E-state index contributed by atoms with van der Waals surface area (Å²) in [6.45, 7) is 6.88. The van der Waals surface area contributed by atoms with E-state index in [2.05, 4.69) is 80.8 Å². The van der Waals surface area contributed by atoms with Gasteiger partial charge in [0.05, 0.1) is 19.3 Å². The van der Waals surface area contributed by atoms with Crippen LogP contribution in [0.4, 0.5) is 0 Å². The summed E-state index contributed by atoms with van der Waals surface area (Å²) < 4.78 is 8.34. The number of nitrogens with zero attached hydrogens (tertiary/aromatic N) is 2. The molecule has 4 nitrogen and oxygen atoms in total. The Morgan fingerprint density at radius 3 is 2.57 bits per heavy atom. The molecule has 1 aliphatic rings. The summed E-state index contributed by atoms with van der Waals surface area (Å²) in [6, 6.07) is 17.2. The van der Waals surface area contributed by atoms with Gasteiger partial charge in [-0.05, 0) is 67.2 Å². The van der Waals surface area contributed by atoms with Crippen molar-refractivity contribution >= 4 is 27.9 Å². The molecule has 0 amide bonds. The molecule has 152 valence electrons. The van der Waals surface area contributed by atoms with Crippen molar-refractivity contribution in [2.75, 3.05) is 40.0 Å². The van der Waals surface area contributed by atoms with Crippen molar-refractivity contribution < 1.29 is 9.57 Å². The van der Waals surface area contributed by atoms with Crippen LogP contribution in [-0.4, -0.2) is 49.3 Å². The molecular weight excluding hydrogens is 436 g/mol. The predicted molar refractivity (Wildman–Crippen MR) is 119 cm³/mol. The number of benzene rings is 2. The van der Waals surface area contributed by atoms with Gasteiger partial charge in [0.25, 0.3) is 0 Å². The molecule has 0 aliphatic carbocycles. The van der Waals surface area contributed by atoms with Crippen molar-refractivity contribution in [2.24, 2.45) is 0 Å². The minimum absolute atomic E-state index is 0.128. The fraction of sp³-hybridized carbons (Fsp3) is 0.455. The zero-order valence-electron chi connectivity index (χ0n) is 16.6. The molecule has 3 rings (SSSR count). The van der Waals surface area contributed by atoms with Gasteiger partial charge in [-0.1, -0.05) is 53.2 Å². The van der Waals surface area contributed by atoms with Crippen LogP contribution in [0.5, 0.6) is 0 Å². The van der Waals surface area contributed by atoms with Gasteiger partial charge >= 0.3 is 0 Å². The summed E-state index contributed by atoms with van der Waals surface area (Å²) in [5, 5.41) is 0. The summed E-state index contributed by atoms with van der Waals surface area (Å²) in [4.78, 5) is 9.92. The van der Waals surface area contributed by atoms with Crippen LogP contribution in [0.3, 0.4) is 0 Å². The maximum Gasteiger partial charge on any atom is 0.0982 e. The maximum absolute atomic E-state index is 6.22. The van der Waals surface area contributed by atoms with Gasteiger partial charge < -0.3 is 9.64 Å². The van der Waals surface area contributed by atoms with Gasteiger partial charge in [-0.25, -0.2) is 0 Å². The molecule has 1 atom stereocenters. The van der Waals surface area contributed by atoms with Crippen LogP contribution in [0.25, 0.3) is 0 Å². The van der Waals surface area contributed by atoms with Crippen molar-refractivity contribution in [3.63, 3.8) is 0 Å². The molecule has 0 spiro atoms. The number of rotatable bonds is 11. The summed E-state index contributed by atoms with van der Waals surface area (Å²) in [5.74, 6) is 0. The van der Waals surface area contributed by atoms with Gasteiger partial charge in [-0.2, -0.15) is 0 Å². The first-order valence-electron chi connectivity index (χ1n) is 9.88. The number of ether oxygens (including phenoxy) is 1. The van der Waals surface area contributed by atoms with E-state index in [1.54, 1.807) is 19.1 Å². The molecule has 1 aliphatic heterocycles. The number of methoxy groups -OCH3 is 1. The Morgan fingerprint density at radius 1 is 1.04 bits per heavy atom. The number of unbranched alkanes of at least 4 members (excludes halogenated alkanes) is 1. The Kier molecular flexibility index (Phi) is 8.83. The van der Waals surface area contributed by atoms with Crippen LogP contribution in [0, 0.1) is 0 Å². The number of halogens is 1. The Balaban J connectivity index is 1.55. The lowest BCUT2D eigenvalue weighted by molar-refractivity contribution is -0.0933. The minimum Gasteiger partial charge on any atom is -0.383 e. The SMILES string of the molecule is CCN(CCCCON1Sc2ccccc2C1c1ccc(Br)cc1)CCOC. The van der Waals surface area contributed by atoms with Crippen molar-refractivity contribution in [3.05, 3.63) is 64.1 Å². The highest BCUT2D eigenvalue weighted by atomic mass is 79.9. The number of hydrogen-bond acceptors (Lipinski definition) is 5. The minimum atomic E-state index is 0.128. The van der Waals surface area contributed by atoms with E-state index < -0.39 is 0 Å². The highest BCUT2D eigenvalue weighted by Gasteiger charge is 2.33. The second-order valence-electron chi connectivity index (χ2n) is 6.84. The molecule has 0 saturated heterocycles. The van der Waals surface area contributed by atoms with E-state index in [1.165, 1.54) is 16.0 Å². The third kappa shape index (κ3) is 5.81. The Hall–Kier alpha value is -0.890. The molecule has 0 radical (unpaired) electrons. The standard InChI is InChI=1S/C22H29BrN2O2S/c1-3-24(15-17-26-2)14-6-7-16-27-25-22(18-10-12-19(23)13-11-18)20-8-4-5-9-21(20)28-25/h4-5,8-13,22H,3,6-7,14-17H2,1-2H3. The first-order chi connectivity index (χ1) is 13.7. The lowest BCUT2D eigenvalue weighted by Gasteiger charge is -2.24. The zero-order chi connectivity index (χ0) is 19.8. The first kappa shape index (κ1) is 21.8. The van der Waals surface area contributed by atoms with E-state index in [0.29, 0.717) is 0 Å². The summed E-state index contributed by atoms with van der Waals surface area (Å²) >= 11 is 5.23. The fourth-order valence-corrected chi connectivity index (χ4v) is 4.69. The van der Waals surface area contributed by atoms with Gasteiger partial charge in [0, 0.05) is 23.0 Å². The molecule has 0 fully saturated rings. The van der Waals surface area contributed by atoms with Crippen molar-refractivity contribution in [1.82, 2.24) is 9.37 Å². The fourth-order valence-electron chi connectivity index (χ4n) is 3.34. The van der Waals surface area contributed by atoms with E-state index in [0.717, 1.165) is 50.2 Å². The summed E-state index contributed by atoms with van der Waals surface area (Å²) in [7, 11) is 1.76. The molecule has 0 N–H and O–H groups in total. The predicted octanol–water partition coefficient (Wildman–Crippen LogP) is 5.54. The van der Waals surface area contributed by atoms with Gasteiger partial charge in [0.15, 0.2) is 0 Å². The third-order valence-corrected chi connectivity index (χ3v) is 6.54. The molecule has 6 heteroatoms. The number of hydrogen-bond donors (Lipinski definition) is 0. The first-order valence-corrected chi connectivity index (χ1v) is 11.5. The highest BCUT2D eigenvalue weighted by molar-refractivity contribution is 9.10. The molecule has 28 heavy (non-hydrogen) atoms. The molecule has 0 saturated carbocycles. The lowest BCUT2D eigenvalue weighted by atomic mass is 10.00. The average Bonchev–Trinajstić information content (AvgIpc) is 3.09. The molecule has 0 bridgehead atoms. The van der Waals surface area contributed by atoms with E-state index in [9.17, 15) is 0 Å². The van der Waals surface area contributed by atoms with Crippen LogP contribution in [-0.2, 0) is 9.57 Å². The Morgan fingerprint density at radius 2 is 1.82 bits per heavy atom.